The van der Waals surface area contributed by atoms with Crippen LogP contribution in [0.25, 0.3) is 0 Å². The molecule has 0 atom stereocenters. The first kappa shape index (κ1) is 30.3. The molecule has 1 heterocycles. The zero-order valence-corrected chi connectivity index (χ0v) is 25.5. The van der Waals surface area contributed by atoms with Crippen molar-refractivity contribution in [1.29, 1.82) is 0 Å². The Kier molecular flexibility index (Phi) is 11.0. The molecule has 6 heteroatoms. The average Bonchev–Trinajstić information content (AvgIpc) is 3.03. The number of hydrazone groups is 2. The van der Waals surface area contributed by atoms with Gasteiger partial charge in [0.2, 0.25) is 0 Å². The first-order valence-electron chi connectivity index (χ1n) is 14.6. The summed E-state index contributed by atoms with van der Waals surface area (Å²) in [6, 6.07) is 23.0. The molecular weight excluding hydrogens is 516 g/mol. The van der Waals surface area contributed by atoms with Crippen LogP contribution in [0.5, 0.6) is 0 Å². The van der Waals surface area contributed by atoms with E-state index in [0.29, 0.717) is 0 Å². The largest absolute Gasteiger partial charge is 0.387 e. The summed E-state index contributed by atoms with van der Waals surface area (Å²) in [5.74, 6) is 0. The van der Waals surface area contributed by atoms with E-state index in [1.165, 1.54) is 11.1 Å². The predicted octanol–water partition coefficient (Wildman–Crippen LogP) is 6.97. The van der Waals surface area contributed by atoms with E-state index in [1.807, 2.05) is 62.4 Å². The SMILES string of the molecule is C/C=C(\C=C/NCc1ccccc1C[n+]1ccc(/C(C)=N/N(C)c2ccccc2)cc1)C(/C)=N/N(C)C1=CCCC=C1. The van der Waals surface area contributed by atoms with Crippen molar-refractivity contribution in [2.75, 3.05) is 19.1 Å². The lowest BCUT2D eigenvalue weighted by Gasteiger charge is -2.18. The third-order valence-corrected chi connectivity index (χ3v) is 7.26. The number of rotatable bonds is 12. The van der Waals surface area contributed by atoms with Gasteiger partial charge < -0.3 is 5.32 Å². The number of benzene rings is 2. The molecule has 42 heavy (non-hydrogen) atoms. The fourth-order valence-electron chi connectivity index (χ4n) is 4.79. The number of hydrogen-bond donors (Lipinski definition) is 1. The van der Waals surface area contributed by atoms with Crippen LogP contribution >= 0.6 is 0 Å². The molecule has 0 unspecified atom stereocenters. The van der Waals surface area contributed by atoms with Crippen LogP contribution in [0.15, 0.2) is 137 Å². The average molecular weight is 560 g/mol. The van der Waals surface area contributed by atoms with Gasteiger partial charge in [0.25, 0.3) is 0 Å². The first-order valence-corrected chi connectivity index (χ1v) is 14.6. The van der Waals surface area contributed by atoms with E-state index in [-0.39, 0.29) is 0 Å². The minimum Gasteiger partial charge on any atom is -0.387 e. The van der Waals surface area contributed by atoms with Gasteiger partial charge in [-0.2, -0.15) is 10.2 Å². The third kappa shape index (κ3) is 8.64. The molecule has 4 rings (SSSR count). The molecule has 216 valence electrons. The molecule has 0 saturated heterocycles. The monoisotopic (exact) mass is 559 g/mol. The Balaban J connectivity index is 1.35. The standard InChI is InChI=1S/C36H43N6/c1-6-31(29(2)38-40(4)35-17-9-7-10-18-35)21-24-37-27-33-15-13-14-16-34(33)28-42-25-22-32(23-26-42)30(3)39-41(5)36-19-11-8-12-20-36/h6,8-9,11-26,37H,7,10,27-28H2,1-5H3/q+1/b24-21-,31-6+,38-29+. The second kappa shape index (κ2) is 15.3. The van der Waals surface area contributed by atoms with Crippen LogP contribution in [0.3, 0.4) is 0 Å². The predicted molar refractivity (Wildman–Crippen MR) is 176 cm³/mol. The topological polar surface area (TPSA) is 47.1 Å². The van der Waals surface area contributed by atoms with Gasteiger partial charge in [-0.3, -0.25) is 10.0 Å². The van der Waals surface area contributed by atoms with Gasteiger partial charge in [0.1, 0.15) is 0 Å². The van der Waals surface area contributed by atoms with Crippen molar-refractivity contribution >= 4 is 17.1 Å². The minimum atomic E-state index is 0.744. The molecule has 0 bridgehead atoms. The highest BCUT2D eigenvalue weighted by Gasteiger charge is 2.10. The van der Waals surface area contributed by atoms with Crippen molar-refractivity contribution in [1.82, 2.24) is 10.3 Å². The number of likely N-dealkylation sites (N-methyl/N-ethyl adjacent to an activating group) is 1. The molecule has 1 N–H and O–H groups in total. The lowest BCUT2D eigenvalue weighted by Crippen LogP contribution is -2.34. The normalized spacial score (nSPS) is 14.2. The maximum atomic E-state index is 4.79. The maximum Gasteiger partial charge on any atom is 0.174 e. The lowest BCUT2D eigenvalue weighted by molar-refractivity contribution is -0.688. The molecule has 0 fully saturated rings. The summed E-state index contributed by atoms with van der Waals surface area (Å²) in [6.07, 6.45) is 19.2. The number of nitrogens with zero attached hydrogens (tertiary/aromatic N) is 5. The van der Waals surface area contributed by atoms with Crippen LogP contribution in [0, 0.1) is 0 Å². The third-order valence-electron chi connectivity index (χ3n) is 7.26. The van der Waals surface area contributed by atoms with Gasteiger partial charge in [0.15, 0.2) is 18.9 Å². The van der Waals surface area contributed by atoms with E-state index >= 15 is 0 Å². The molecular formula is C36H43N6+. The Labute approximate surface area is 251 Å². The molecule has 2 aromatic carbocycles. The number of anilines is 1. The summed E-state index contributed by atoms with van der Waals surface area (Å²) >= 11 is 0. The quantitative estimate of drug-likeness (QED) is 0.113. The summed E-state index contributed by atoms with van der Waals surface area (Å²) in [6.45, 7) is 7.68. The van der Waals surface area contributed by atoms with Gasteiger partial charge >= 0.3 is 0 Å². The minimum absolute atomic E-state index is 0.744. The van der Waals surface area contributed by atoms with Crippen LogP contribution in [-0.4, -0.2) is 30.5 Å². The molecule has 1 aliphatic carbocycles. The van der Waals surface area contributed by atoms with Crippen LogP contribution < -0.4 is 14.9 Å². The van der Waals surface area contributed by atoms with Gasteiger partial charge in [-0.1, -0.05) is 60.7 Å². The highest BCUT2D eigenvalue weighted by molar-refractivity contribution is 6.00. The Bertz CT molecular complexity index is 1490. The van der Waals surface area contributed by atoms with Crippen LogP contribution in [0.4, 0.5) is 5.69 Å². The van der Waals surface area contributed by atoms with Gasteiger partial charge in [-0.15, -0.1) is 0 Å². The number of allylic oxidation sites excluding steroid dienone is 6. The van der Waals surface area contributed by atoms with Crippen LogP contribution in [0.2, 0.25) is 0 Å². The van der Waals surface area contributed by atoms with Crippen molar-refractivity contribution in [2.45, 2.75) is 46.7 Å². The highest BCUT2D eigenvalue weighted by Crippen LogP contribution is 2.15. The second-order valence-electron chi connectivity index (χ2n) is 10.3. The number of nitrogens with one attached hydrogen (secondary N) is 1. The van der Waals surface area contributed by atoms with Crippen molar-refractivity contribution in [3.05, 3.63) is 144 Å². The second-order valence-corrected chi connectivity index (χ2v) is 10.3. The Morgan fingerprint density at radius 3 is 2.29 bits per heavy atom. The van der Waals surface area contributed by atoms with E-state index in [4.69, 9.17) is 10.2 Å². The zero-order chi connectivity index (χ0) is 29.7. The summed E-state index contributed by atoms with van der Waals surface area (Å²) < 4.78 is 2.21. The Hall–Kier alpha value is -4.71. The van der Waals surface area contributed by atoms with E-state index in [0.717, 1.165) is 59.9 Å². The summed E-state index contributed by atoms with van der Waals surface area (Å²) in [7, 11) is 3.98. The summed E-state index contributed by atoms with van der Waals surface area (Å²) in [4.78, 5) is 0. The lowest BCUT2D eigenvalue weighted by atomic mass is 10.1. The molecule has 0 aliphatic heterocycles. The molecule has 0 amide bonds. The van der Waals surface area contributed by atoms with Crippen LogP contribution in [0.1, 0.15) is 50.3 Å². The highest BCUT2D eigenvalue weighted by atomic mass is 15.4. The van der Waals surface area contributed by atoms with Gasteiger partial charge in [-0.25, -0.2) is 4.57 Å². The smallest absolute Gasteiger partial charge is 0.174 e. The zero-order valence-electron chi connectivity index (χ0n) is 25.5. The van der Waals surface area contributed by atoms with Gasteiger partial charge in [0.05, 0.1) is 22.8 Å². The number of pyridine rings is 1. The Morgan fingerprint density at radius 2 is 1.60 bits per heavy atom. The molecule has 0 spiro atoms. The summed E-state index contributed by atoms with van der Waals surface area (Å²) in [5, 5.41) is 16.9. The molecule has 1 aliphatic rings. The van der Waals surface area contributed by atoms with E-state index in [2.05, 4.69) is 108 Å². The fraction of sp³-hybridized carbons (Fsp3) is 0.250. The summed E-state index contributed by atoms with van der Waals surface area (Å²) in [5.41, 5.74) is 8.89. The number of hydrogen-bond acceptors (Lipinski definition) is 5. The molecule has 0 saturated carbocycles. The number of aromatic nitrogens is 1. The molecule has 3 aromatic rings. The van der Waals surface area contributed by atoms with Gasteiger partial charge in [-0.05, 0) is 75.2 Å². The fourth-order valence-corrected chi connectivity index (χ4v) is 4.79. The van der Waals surface area contributed by atoms with Crippen molar-refractivity contribution in [3.63, 3.8) is 0 Å². The van der Waals surface area contributed by atoms with E-state index in [9.17, 15) is 0 Å². The number of para-hydroxylation sites is 1. The van der Waals surface area contributed by atoms with E-state index in [1.54, 1.807) is 0 Å². The molecule has 6 nitrogen and oxygen atoms in total. The van der Waals surface area contributed by atoms with Crippen molar-refractivity contribution < 1.29 is 4.57 Å². The van der Waals surface area contributed by atoms with E-state index < -0.39 is 0 Å². The molecule has 1 aromatic heterocycles. The molecule has 0 radical (unpaired) electrons. The first-order chi connectivity index (χ1) is 20.4. The van der Waals surface area contributed by atoms with Crippen molar-refractivity contribution in [3.8, 4) is 0 Å². The van der Waals surface area contributed by atoms with Crippen molar-refractivity contribution in [2.24, 2.45) is 10.2 Å². The Morgan fingerprint density at radius 1 is 0.881 bits per heavy atom. The maximum absolute atomic E-state index is 4.79. The van der Waals surface area contributed by atoms with Crippen LogP contribution in [-0.2, 0) is 13.1 Å². The van der Waals surface area contributed by atoms with Gasteiger partial charge in [0, 0.05) is 43.9 Å².